The Balaban J connectivity index is 1.45. The second kappa shape index (κ2) is 9.90. The number of likely N-dealkylation sites (tertiary alicyclic amines) is 1. The fourth-order valence-corrected chi connectivity index (χ4v) is 4.97. The number of carbonyl (C=O) groups is 2. The van der Waals surface area contributed by atoms with E-state index in [9.17, 15) is 9.59 Å². The number of fused-ring (bicyclic) bond motifs is 2. The van der Waals surface area contributed by atoms with Crippen LogP contribution in [0.15, 0.2) is 71.4 Å². The van der Waals surface area contributed by atoms with Crippen LogP contribution >= 0.6 is 0 Å². The normalized spacial score (nSPS) is 14.9. The molecular weight excluding hydrogens is 454 g/mol. The molecule has 36 heavy (non-hydrogen) atoms. The summed E-state index contributed by atoms with van der Waals surface area (Å²) in [7, 11) is 3.02. The molecule has 0 N–H and O–H groups in total. The van der Waals surface area contributed by atoms with E-state index in [0.717, 1.165) is 38.6 Å². The number of piperidine rings is 1. The maximum Gasteiger partial charge on any atom is 0.308 e. The number of hydrogen-bond acceptors (Lipinski definition) is 5. The first kappa shape index (κ1) is 23.7. The van der Waals surface area contributed by atoms with E-state index in [-0.39, 0.29) is 17.8 Å². The van der Waals surface area contributed by atoms with Crippen molar-refractivity contribution in [1.29, 1.82) is 0 Å². The zero-order chi connectivity index (χ0) is 25.2. The van der Waals surface area contributed by atoms with Crippen molar-refractivity contribution in [3.05, 3.63) is 72.5 Å². The number of amides is 1. The van der Waals surface area contributed by atoms with Gasteiger partial charge in [-0.2, -0.15) is 0 Å². The summed E-state index contributed by atoms with van der Waals surface area (Å²) in [6, 6.07) is 18.5. The van der Waals surface area contributed by atoms with Gasteiger partial charge in [-0.3, -0.25) is 9.59 Å². The molecule has 0 unspecified atom stereocenters. The number of carbonyl (C=O) groups excluding carboxylic acids is 2. The van der Waals surface area contributed by atoms with E-state index >= 15 is 0 Å². The maximum absolute atomic E-state index is 13.0. The van der Waals surface area contributed by atoms with Gasteiger partial charge in [0.15, 0.2) is 0 Å². The molecule has 1 amide bonds. The Morgan fingerprint density at radius 1 is 1.00 bits per heavy atom. The molecular formula is C30H29NO5. The van der Waals surface area contributed by atoms with Crippen molar-refractivity contribution < 1.29 is 23.5 Å². The van der Waals surface area contributed by atoms with Gasteiger partial charge in [0.05, 0.1) is 26.4 Å². The quantitative estimate of drug-likeness (QED) is 0.254. The van der Waals surface area contributed by atoms with Gasteiger partial charge in [0.1, 0.15) is 11.3 Å². The third-order valence-corrected chi connectivity index (χ3v) is 7.06. The third-order valence-electron chi connectivity index (χ3n) is 7.06. The zero-order valence-corrected chi connectivity index (χ0v) is 20.7. The van der Waals surface area contributed by atoms with Crippen molar-refractivity contribution in [1.82, 2.24) is 4.90 Å². The molecule has 3 aromatic carbocycles. The standard InChI is InChI=1S/C30H29NO5/c1-19(14-29(32)31-12-10-21(11-13-31)30(33)35-3)24-16-25-26(18-36-28(25)17-27(24)34-2)23-9-8-20-6-4-5-7-22(20)15-23/h4-9,14-18,21H,10-13H2,1-3H3/b19-14+. The molecule has 0 bridgehead atoms. The van der Waals surface area contributed by atoms with Gasteiger partial charge in [0, 0.05) is 41.7 Å². The van der Waals surface area contributed by atoms with Gasteiger partial charge in [-0.1, -0.05) is 36.4 Å². The summed E-state index contributed by atoms with van der Waals surface area (Å²) < 4.78 is 16.4. The molecule has 0 radical (unpaired) electrons. The monoisotopic (exact) mass is 483 g/mol. The van der Waals surface area contributed by atoms with Crippen LogP contribution in [-0.4, -0.2) is 44.1 Å². The minimum absolute atomic E-state index is 0.0695. The molecule has 1 aliphatic heterocycles. The molecule has 5 rings (SSSR count). The lowest BCUT2D eigenvalue weighted by atomic mass is 9.96. The number of ether oxygens (including phenoxy) is 2. The predicted molar refractivity (Wildman–Crippen MR) is 141 cm³/mol. The van der Waals surface area contributed by atoms with Gasteiger partial charge in [-0.25, -0.2) is 0 Å². The van der Waals surface area contributed by atoms with Gasteiger partial charge in [-0.15, -0.1) is 0 Å². The number of rotatable bonds is 5. The van der Waals surface area contributed by atoms with E-state index in [2.05, 4.69) is 30.3 Å². The molecule has 1 aromatic heterocycles. The molecule has 0 aliphatic carbocycles. The fourth-order valence-electron chi connectivity index (χ4n) is 4.97. The maximum atomic E-state index is 13.0. The molecule has 0 atom stereocenters. The van der Waals surface area contributed by atoms with Crippen molar-refractivity contribution in [2.45, 2.75) is 19.8 Å². The number of hydrogen-bond donors (Lipinski definition) is 0. The molecule has 6 heteroatoms. The van der Waals surface area contributed by atoms with Crippen molar-refractivity contribution in [2.24, 2.45) is 5.92 Å². The molecule has 1 fully saturated rings. The topological polar surface area (TPSA) is 69.0 Å². The van der Waals surface area contributed by atoms with E-state index in [0.29, 0.717) is 31.7 Å². The van der Waals surface area contributed by atoms with Crippen molar-refractivity contribution in [2.75, 3.05) is 27.3 Å². The van der Waals surface area contributed by atoms with E-state index in [4.69, 9.17) is 13.9 Å². The van der Waals surface area contributed by atoms with Crippen molar-refractivity contribution in [3.8, 4) is 16.9 Å². The number of benzene rings is 3. The molecule has 6 nitrogen and oxygen atoms in total. The van der Waals surface area contributed by atoms with Crippen LogP contribution in [0.25, 0.3) is 38.4 Å². The highest BCUT2D eigenvalue weighted by Crippen LogP contribution is 2.38. The molecule has 0 spiro atoms. The molecule has 2 heterocycles. The van der Waals surface area contributed by atoms with Crippen LogP contribution < -0.4 is 4.74 Å². The average Bonchev–Trinajstić information content (AvgIpc) is 3.34. The van der Waals surface area contributed by atoms with Crippen LogP contribution in [-0.2, 0) is 14.3 Å². The highest BCUT2D eigenvalue weighted by Gasteiger charge is 2.27. The van der Waals surface area contributed by atoms with Crippen LogP contribution in [0.4, 0.5) is 0 Å². The van der Waals surface area contributed by atoms with Crippen LogP contribution in [0.2, 0.25) is 0 Å². The Hall–Kier alpha value is -4.06. The first-order valence-electron chi connectivity index (χ1n) is 12.1. The van der Waals surface area contributed by atoms with Crippen LogP contribution in [0.5, 0.6) is 5.75 Å². The molecule has 1 aliphatic rings. The van der Waals surface area contributed by atoms with Gasteiger partial charge in [0.25, 0.3) is 0 Å². The Morgan fingerprint density at radius 2 is 1.75 bits per heavy atom. The van der Waals surface area contributed by atoms with E-state index in [1.165, 1.54) is 12.5 Å². The summed E-state index contributed by atoms with van der Waals surface area (Å²) in [5, 5.41) is 3.31. The summed E-state index contributed by atoms with van der Waals surface area (Å²) in [6.45, 7) is 2.98. The predicted octanol–water partition coefficient (Wildman–Crippen LogP) is 6.08. The first-order chi connectivity index (χ1) is 17.5. The van der Waals surface area contributed by atoms with Crippen molar-refractivity contribution >= 4 is 39.2 Å². The Kier molecular flexibility index (Phi) is 6.51. The highest BCUT2D eigenvalue weighted by molar-refractivity contribution is 6.01. The van der Waals surface area contributed by atoms with E-state index in [1.807, 2.05) is 31.2 Å². The molecule has 0 saturated carbocycles. The lowest BCUT2D eigenvalue weighted by molar-refractivity contribution is -0.148. The van der Waals surface area contributed by atoms with Crippen LogP contribution in [0, 0.1) is 5.92 Å². The zero-order valence-electron chi connectivity index (χ0n) is 20.7. The minimum Gasteiger partial charge on any atom is -0.496 e. The fraction of sp³-hybridized carbons (Fsp3) is 0.267. The molecule has 1 saturated heterocycles. The average molecular weight is 484 g/mol. The Bertz CT molecular complexity index is 1470. The number of esters is 1. The summed E-state index contributed by atoms with van der Waals surface area (Å²) in [4.78, 5) is 26.6. The lowest BCUT2D eigenvalue weighted by Gasteiger charge is -2.30. The number of furan rings is 1. The first-order valence-corrected chi connectivity index (χ1v) is 12.1. The van der Waals surface area contributed by atoms with Gasteiger partial charge in [-0.05, 0) is 53.8 Å². The molecule has 184 valence electrons. The van der Waals surface area contributed by atoms with E-state index < -0.39 is 0 Å². The number of nitrogens with zero attached hydrogens (tertiary/aromatic N) is 1. The van der Waals surface area contributed by atoms with Gasteiger partial charge in [0.2, 0.25) is 5.91 Å². The van der Waals surface area contributed by atoms with Crippen LogP contribution in [0.3, 0.4) is 0 Å². The van der Waals surface area contributed by atoms with Crippen molar-refractivity contribution in [3.63, 3.8) is 0 Å². The number of methoxy groups -OCH3 is 2. The summed E-state index contributed by atoms with van der Waals surface area (Å²) in [5.74, 6) is 0.239. The summed E-state index contributed by atoms with van der Waals surface area (Å²) in [5.41, 5.74) is 4.42. The van der Waals surface area contributed by atoms with E-state index in [1.54, 1.807) is 24.3 Å². The third kappa shape index (κ3) is 4.47. The Morgan fingerprint density at radius 3 is 2.47 bits per heavy atom. The second-order valence-corrected chi connectivity index (χ2v) is 9.21. The minimum atomic E-state index is -0.200. The summed E-state index contributed by atoms with van der Waals surface area (Å²) >= 11 is 0. The highest BCUT2D eigenvalue weighted by atomic mass is 16.5. The SMILES string of the molecule is COC(=O)C1CCN(C(=O)/C=C(\C)c2cc3c(-c4ccc5ccccc5c4)coc3cc2OC)CC1. The number of allylic oxidation sites excluding steroid dienone is 1. The largest absolute Gasteiger partial charge is 0.496 e. The van der Waals surface area contributed by atoms with Gasteiger partial charge < -0.3 is 18.8 Å². The summed E-state index contributed by atoms with van der Waals surface area (Å²) in [6.07, 6.45) is 4.65. The van der Waals surface area contributed by atoms with Gasteiger partial charge >= 0.3 is 5.97 Å². The smallest absolute Gasteiger partial charge is 0.308 e. The van der Waals surface area contributed by atoms with Crippen LogP contribution in [0.1, 0.15) is 25.3 Å². The Labute approximate surface area is 210 Å². The second-order valence-electron chi connectivity index (χ2n) is 9.21. The lowest BCUT2D eigenvalue weighted by Crippen LogP contribution is -2.39. The molecule has 4 aromatic rings.